The molecular weight excluding hydrogens is 671 g/mol. The molecule has 0 fully saturated rings. The van der Waals surface area contributed by atoms with E-state index in [0.29, 0.717) is 17.5 Å². The van der Waals surface area contributed by atoms with Gasteiger partial charge in [-0.25, -0.2) is 15.0 Å². The summed E-state index contributed by atoms with van der Waals surface area (Å²) in [6.45, 7) is 0. The molecule has 5 nitrogen and oxygen atoms in total. The summed E-state index contributed by atoms with van der Waals surface area (Å²) < 4.78 is 15.7. The zero-order chi connectivity index (χ0) is 34.6. The van der Waals surface area contributed by atoms with Crippen LogP contribution in [0.5, 0.6) is 0 Å². The average Bonchev–Trinajstić information content (AvgIpc) is 3.92. The fourth-order valence-corrected chi connectivity index (χ4v) is 9.17. The Hall–Kier alpha value is -6.89. The highest BCUT2D eigenvalue weighted by Gasteiger charge is 2.23. The second-order valence-electron chi connectivity index (χ2n) is 13.5. The molecule has 0 saturated carbocycles. The van der Waals surface area contributed by atoms with Gasteiger partial charge in [0.05, 0.1) is 0 Å². The maximum atomic E-state index is 6.60. The first-order chi connectivity index (χ1) is 26.2. The van der Waals surface area contributed by atoms with Gasteiger partial charge >= 0.3 is 0 Å². The minimum atomic E-state index is 0.580. The molecule has 6 heteroatoms. The number of rotatable bonds is 3. The van der Waals surface area contributed by atoms with Gasteiger partial charge in [-0.05, 0) is 59.3 Å². The van der Waals surface area contributed by atoms with Gasteiger partial charge in [-0.1, -0.05) is 103 Å². The van der Waals surface area contributed by atoms with Crippen molar-refractivity contribution in [1.29, 1.82) is 0 Å². The van der Waals surface area contributed by atoms with E-state index in [1.54, 1.807) is 11.3 Å². The zero-order valence-corrected chi connectivity index (χ0v) is 28.8. The predicted octanol–water partition coefficient (Wildman–Crippen LogP) is 13.3. The van der Waals surface area contributed by atoms with Gasteiger partial charge in [0.1, 0.15) is 22.3 Å². The first-order valence-electron chi connectivity index (χ1n) is 17.6. The maximum Gasteiger partial charge on any atom is 0.164 e. The second kappa shape index (κ2) is 10.8. The van der Waals surface area contributed by atoms with E-state index in [4.69, 9.17) is 23.8 Å². The number of hydrogen-bond donors (Lipinski definition) is 0. The summed E-state index contributed by atoms with van der Waals surface area (Å²) in [7, 11) is 0. The lowest BCUT2D eigenvalue weighted by molar-refractivity contribution is 0.672. The molecule has 4 heterocycles. The number of benzene rings is 8. The van der Waals surface area contributed by atoms with Crippen molar-refractivity contribution in [2.45, 2.75) is 0 Å². The van der Waals surface area contributed by atoms with Crippen LogP contribution in [0, 0.1) is 0 Å². The molecule has 0 bridgehead atoms. The quantitative estimate of drug-likeness (QED) is 0.184. The molecule has 246 valence electrons. The van der Waals surface area contributed by atoms with E-state index in [9.17, 15) is 0 Å². The lowest BCUT2D eigenvalue weighted by Crippen LogP contribution is -2.01. The highest BCUT2D eigenvalue weighted by Crippen LogP contribution is 2.44. The summed E-state index contributed by atoms with van der Waals surface area (Å²) in [5.41, 5.74) is 6.00. The van der Waals surface area contributed by atoms with Gasteiger partial charge in [0.25, 0.3) is 0 Å². The third kappa shape index (κ3) is 4.21. The molecule has 0 unspecified atom stereocenters. The SMILES string of the molecule is c1ccc2c(c1)cc(-c1nc(-c3ccc4sc5ccccc5c4c3)nc(-c3cc4ccccc4c4oc5ccccc5c34)n1)c1c3ccccc3oc21. The molecule has 12 aromatic rings. The molecule has 0 aliphatic rings. The molecule has 0 radical (unpaired) electrons. The van der Waals surface area contributed by atoms with Crippen molar-refractivity contribution in [3.8, 4) is 34.2 Å². The summed E-state index contributed by atoms with van der Waals surface area (Å²) in [6, 6.07) is 52.6. The molecular formula is C47H25N3O2S. The number of nitrogens with zero attached hydrogens (tertiary/aromatic N) is 3. The highest BCUT2D eigenvalue weighted by molar-refractivity contribution is 7.25. The van der Waals surface area contributed by atoms with Gasteiger partial charge in [0.15, 0.2) is 17.5 Å². The number of furan rings is 2. The molecule has 0 aliphatic carbocycles. The van der Waals surface area contributed by atoms with Crippen molar-refractivity contribution >= 4 is 96.9 Å². The van der Waals surface area contributed by atoms with Gasteiger partial charge < -0.3 is 8.83 Å². The fraction of sp³-hybridized carbons (Fsp3) is 0. The van der Waals surface area contributed by atoms with Crippen LogP contribution in [-0.2, 0) is 0 Å². The maximum absolute atomic E-state index is 6.60. The largest absolute Gasteiger partial charge is 0.455 e. The van der Waals surface area contributed by atoms with Gasteiger partial charge in [-0.2, -0.15) is 0 Å². The third-order valence-corrected chi connectivity index (χ3v) is 11.6. The molecule has 0 amide bonds. The number of aromatic nitrogens is 3. The van der Waals surface area contributed by atoms with Gasteiger partial charge in [-0.15, -0.1) is 11.3 Å². The minimum Gasteiger partial charge on any atom is -0.455 e. The molecule has 0 atom stereocenters. The van der Waals surface area contributed by atoms with Crippen LogP contribution in [0.25, 0.3) is 120 Å². The Bertz CT molecular complexity index is 3310. The van der Waals surface area contributed by atoms with Crippen molar-refractivity contribution in [1.82, 2.24) is 15.0 Å². The Balaban J connectivity index is 1.22. The van der Waals surface area contributed by atoms with Crippen LogP contribution in [-0.4, -0.2) is 15.0 Å². The number of thiophene rings is 1. The van der Waals surface area contributed by atoms with Gasteiger partial charge in [-0.3, -0.25) is 0 Å². The van der Waals surface area contributed by atoms with Crippen molar-refractivity contribution in [2.75, 3.05) is 0 Å². The molecule has 8 aromatic carbocycles. The van der Waals surface area contributed by atoms with Crippen LogP contribution in [0.1, 0.15) is 0 Å². The van der Waals surface area contributed by atoms with Crippen LogP contribution in [0.15, 0.2) is 160 Å². The molecule has 4 aromatic heterocycles. The normalized spacial score (nSPS) is 12.2. The summed E-state index contributed by atoms with van der Waals surface area (Å²) in [4.78, 5) is 16.0. The monoisotopic (exact) mass is 695 g/mol. The summed E-state index contributed by atoms with van der Waals surface area (Å²) >= 11 is 1.80. The number of fused-ring (bicyclic) bond motifs is 13. The van der Waals surface area contributed by atoms with E-state index in [-0.39, 0.29) is 0 Å². The Morgan fingerprint density at radius 2 is 0.849 bits per heavy atom. The van der Waals surface area contributed by atoms with E-state index < -0.39 is 0 Å². The van der Waals surface area contributed by atoms with E-state index in [1.807, 2.05) is 24.3 Å². The van der Waals surface area contributed by atoms with E-state index in [1.165, 1.54) is 20.2 Å². The Kier molecular flexibility index (Phi) is 5.87. The van der Waals surface area contributed by atoms with Gasteiger partial charge in [0.2, 0.25) is 0 Å². The molecule has 53 heavy (non-hydrogen) atoms. The van der Waals surface area contributed by atoms with Crippen molar-refractivity contribution in [3.63, 3.8) is 0 Å². The minimum absolute atomic E-state index is 0.580. The van der Waals surface area contributed by atoms with Crippen molar-refractivity contribution in [2.24, 2.45) is 0 Å². The summed E-state index contributed by atoms with van der Waals surface area (Å²) in [5, 5.41) is 10.6. The van der Waals surface area contributed by atoms with E-state index >= 15 is 0 Å². The second-order valence-corrected chi connectivity index (χ2v) is 14.6. The number of hydrogen-bond acceptors (Lipinski definition) is 6. The van der Waals surface area contributed by atoms with Crippen molar-refractivity contribution < 1.29 is 8.83 Å². The zero-order valence-electron chi connectivity index (χ0n) is 28.0. The van der Waals surface area contributed by atoms with E-state index in [0.717, 1.165) is 82.1 Å². The predicted molar refractivity (Wildman–Crippen MR) is 219 cm³/mol. The molecule has 0 spiro atoms. The lowest BCUT2D eigenvalue weighted by Gasteiger charge is -2.12. The van der Waals surface area contributed by atoms with Crippen LogP contribution >= 0.6 is 11.3 Å². The molecule has 0 aliphatic heterocycles. The third-order valence-electron chi connectivity index (χ3n) is 10.5. The van der Waals surface area contributed by atoms with Gasteiger partial charge in [0, 0.05) is 69.2 Å². The first kappa shape index (κ1) is 28.8. The smallest absolute Gasteiger partial charge is 0.164 e. The first-order valence-corrected chi connectivity index (χ1v) is 18.4. The highest BCUT2D eigenvalue weighted by atomic mass is 32.1. The molecule has 0 saturated heterocycles. The topological polar surface area (TPSA) is 65.0 Å². The van der Waals surface area contributed by atoms with Crippen LogP contribution in [0.3, 0.4) is 0 Å². The molecule has 0 N–H and O–H groups in total. The average molecular weight is 696 g/mol. The Morgan fingerprint density at radius 3 is 1.45 bits per heavy atom. The summed E-state index contributed by atoms with van der Waals surface area (Å²) in [5.74, 6) is 1.76. The standard InChI is InChI=1S/C47H25N3O2S/c1-3-13-29-26(11-1)23-35(41-32-16-5-8-18-37(32)51-43(29)41)46-48-45(28-21-22-40-34(25-28)31-15-7-10-20-39(31)53-40)49-47(50-46)36-24-27-12-2-4-14-30(27)44-42(36)33-17-6-9-19-38(33)52-44/h1-25H. The van der Waals surface area contributed by atoms with E-state index in [2.05, 4.69) is 127 Å². The summed E-state index contributed by atoms with van der Waals surface area (Å²) in [6.07, 6.45) is 0. The van der Waals surface area contributed by atoms with Crippen molar-refractivity contribution in [3.05, 3.63) is 152 Å². The lowest BCUT2D eigenvalue weighted by atomic mass is 9.98. The van der Waals surface area contributed by atoms with Crippen LogP contribution < -0.4 is 0 Å². The van der Waals surface area contributed by atoms with Crippen LogP contribution in [0.4, 0.5) is 0 Å². The Morgan fingerprint density at radius 1 is 0.377 bits per heavy atom. The fourth-order valence-electron chi connectivity index (χ4n) is 8.08. The number of para-hydroxylation sites is 2. The Labute approximate surface area is 305 Å². The molecule has 12 rings (SSSR count). The van der Waals surface area contributed by atoms with Crippen LogP contribution in [0.2, 0.25) is 0 Å².